The van der Waals surface area contributed by atoms with Gasteiger partial charge in [-0.05, 0) is 31.5 Å². The number of hydrogen-bond donors (Lipinski definition) is 2. The smallest absolute Gasteiger partial charge is 0.226 e. The zero-order valence-electron chi connectivity index (χ0n) is 12.7. The molecular weight excluding hydrogens is 325 g/mol. The van der Waals surface area contributed by atoms with Crippen LogP contribution < -0.4 is 11.5 Å². The molecule has 0 amide bonds. The van der Waals surface area contributed by atoms with Crippen LogP contribution in [0, 0.1) is 0 Å². The Kier molecular flexibility index (Phi) is 4.84. The van der Waals surface area contributed by atoms with Crippen molar-refractivity contribution in [2.75, 3.05) is 6.61 Å². The fraction of sp³-hybridized carbons (Fsp3) is 0.429. The molecule has 0 spiro atoms. The van der Waals surface area contributed by atoms with Crippen molar-refractivity contribution in [3.63, 3.8) is 0 Å². The van der Waals surface area contributed by atoms with Crippen molar-refractivity contribution in [2.45, 2.75) is 32.4 Å². The molecule has 0 saturated heterocycles. The highest BCUT2D eigenvalue weighted by molar-refractivity contribution is 6.36. The topological polar surface area (TPSA) is 89.2 Å². The summed E-state index contributed by atoms with van der Waals surface area (Å²) < 4.78 is 0. The maximum absolute atomic E-state index is 6.21. The summed E-state index contributed by atoms with van der Waals surface area (Å²) in [6, 6.07) is 5.40. The third-order valence-corrected chi connectivity index (χ3v) is 3.93. The van der Waals surface area contributed by atoms with Crippen LogP contribution in [0.2, 0.25) is 10.0 Å². The first-order valence-electron chi connectivity index (χ1n) is 6.79. The van der Waals surface area contributed by atoms with Gasteiger partial charge in [0.2, 0.25) is 11.9 Å². The second kappa shape index (κ2) is 6.32. The number of nitrogens with two attached hydrogens (primary N) is 2. The molecule has 0 fully saturated rings. The molecule has 1 heterocycles. The third-order valence-electron chi connectivity index (χ3n) is 3.27. The van der Waals surface area contributed by atoms with Crippen molar-refractivity contribution in [1.82, 2.24) is 5.06 Å². The molecule has 22 heavy (non-hydrogen) atoms. The van der Waals surface area contributed by atoms with Crippen LogP contribution in [0.1, 0.15) is 32.3 Å². The van der Waals surface area contributed by atoms with Crippen molar-refractivity contribution < 1.29 is 4.84 Å². The molecule has 0 bridgehead atoms. The van der Waals surface area contributed by atoms with Gasteiger partial charge in [-0.1, -0.05) is 36.2 Å². The zero-order valence-corrected chi connectivity index (χ0v) is 14.2. The Balaban J connectivity index is 2.12. The van der Waals surface area contributed by atoms with Crippen LogP contribution in [0.5, 0.6) is 0 Å². The first-order valence-corrected chi connectivity index (χ1v) is 7.54. The molecule has 6 nitrogen and oxygen atoms in total. The lowest BCUT2D eigenvalue weighted by Gasteiger charge is -2.37. The quantitative estimate of drug-likeness (QED) is 0.879. The molecule has 1 aliphatic rings. The minimum Gasteiger partial charge on any atom is -0.368 e. The van der Waals surface area contributed by atoms with Gasteiger partial charge in [-0.3, -0.25) is 4.84 Å². The summed E-state index contributed by atoms with van der Waals surface area (Å²) >= 11 is 12.4. The number of rotatable bonds is 4. The molecule has 0 aromatic heterocycles. The van der Waals surface area contributed by atoms with Crippen LogP contribution in [0.4, 0.5) is 0 Å². The number of guanidine groups is 2. The highest BCUT2D eigenvalue weighted by atomic mass is 35.5. The van der Waals surface area contributed by atoms with E-state index in [-0.39, 0.29) is 17.8 Å². The van der Waals surface area contributed by atoms with Crippen molar-refractivity contribution in [1.29, 1.82) is 0 Å². The van der Waals surface area contributed by atoms with E-state index in [2.05, 4.69) is 9.98 Å². The molecule has 1 atom stereocenters. The fourth-order valence-electron chi connectivity index (χ4n) is 2.27. The van der Waals surface area contributed by atoms with Gasteiger partial charge >= 0.3 is 0 Å². The maximum atomic E-state index is 6.21. The first-order chi connectivity index (χ1) is 10.2. The van der Waals surface area contributed by atoms with E-state index in [4.69, 9.17) is 39.5 Å². The number of aliphatic imine (C=N–C) groups is 2. The summed E-state index contributed by atoms with van der Waals surface area (Å²) in [7, 11) is 0. The molecule has 2 rings (SSSR count). The lowest BCUT2D eigenvalue weighted by atomic mass is 10.0. The number of nitrogens with zero attached hydrogens (tertiary/aromatic N) is 3. The predicted octanol–water partition coefficient (Wildman–Crippen LogP) is 2.71. The summed E-state index contributed by atoms with van der Waals surface area (Å²) in [5.41, 5.74) is 11.6. The van der Waals surface area contributed by atoms with E-state index in [1.165, 1.54) is 5.06 Å². The second-order valence-electron chi connectivity index (χ2n) is 5.56. The van der Waals surface area contributed by atoms with Crippen LogP contribution in [-0.4, -0.2) is 29.3 Å². The van der Waals surface area contributed by atoms with Gasteiger partial charge < -0.3 is 11.5 Å². The molecule has 1 aromatic carbocycles. The Morgan fingerprint density at radius 1 is 1.27 bits per heavy atom. The van der Waals surface area contributed by atoms with Gasteiger partial charge in [0, 0.05) is 16.0 Å². The van der Waals surface area contributed by atoms with E-state index < -0.39 is 5.66 Å². The number of hydrogen-bond acceptors (Lipinski definition) is 6. The van der Waals surface area contributed by atoms with Gasteiger partial charge in [0.05, 0.1) is 6.61 Å². The molecule has 1 unspecified atom stereocenters. The number of hydroxylamine groups is 2. The Hall–Kier alpha value is -1.50. The average molecular weight is 344 g/mol. The summed E-state index contributed by atoms with van der Waals surface area (Å²) in [5.74, 6) is 0.257. The second-order valence-corrected chi connectivity index (χ2v) is 6.38. The monoisotopic (exact) mass is 343 g/mol. The van der Waals surface area contributed by atoms with Crippen molar-refractivity contribution in [2.24, 2.45) is 21.5 Å². The molecule has 1 aliphatic heterocycles. The molecule has 0 saturated carbocycles. The number of benzene rings is 1. The minimum atomic E-state index is -0.736. The standard InChI is InChI=1S/C14H19Cl2N5O/c1-8(11-9(15)5-4-6-10(11)16)7-22-21-13(18)19-12(17)20-14(21,2)3/h4-6,8H,7H2,1-3H3,(H4,17,18,19,20). The largest absolute Gasteiger partial charge is 0.368 e. The van der Waals surface area contributed by atoms with E-state index >= 15 is 0 Å². The third kappa shape index (κ3) is 3.45. The lowest BCUT2D eigenvalue weighted by molar-refractivity contribution is -0.160. The maximum Gasteiger partial charge on any atom is 0.226 e. The number of halogens is 2. The Bertz CT molecular complexity index is 609. The zero-order chi connectivity index (χ0) is 16.5. The molecule has 4 N–H and O–H groups in total. The van der Waals surface area contributed by atoms with Gasteiger partial charge in [0.25, 0.3) is 0 Å². The van der Waals surface area contributed by atoms with Gasteiger partial charge in [0.15, 0.2) is 5.66 Å². The summed E-state index contributed by atoms with van der Waals surface area (Å²) in [6.45, 7) is 5.94. The normalized spacial score (nSPS) is 18.7. The van der Waals surface area contributed by atoms with Crippen molar-refractivity contribution in [3.8, 4) is 0 Å². The highest BCUT2D eigenvalue weighted by Gasteiger charge is 2.33. The SMILES string of the molecule is CC(CON1C(N)=NC(N)=NC1(C)C)c1c(Cl)cccc1Cl. The Morgan fingerprint density at radius 2 is 1.86 bits per heavy atom. The van der Waals surface area contributed by atoms with Gasteiger partial charge in [0.1, 0.15) is 0 Å². The van der Waals surface area contributed by atoms with E-state index in [0.717, 1.165) is 5.56 Å². The van der Waals surface area contributed by atoms with E-state index in [0.29, 0.717) is 16.7 Å². The van der Waals surface area contributed by atoms with E-state index in [1.54, 1.807) is 18.2 Å². The van der Waals surface area contributed by atoms with Crippen LogP contribution in [0.15, 0.2) is 28.2 Å². The molecule has 120 valence electrons. The summed E-state index contributed by atoms with van der Waals surface area (Å²) in [4.78, 5) is 13.9. The highest BCUT2D eigenvalue weighted by Crippen LogP contribution is 2.32. The Morgan fingerprint density at radius 3 is 2.41 bits per heavy atom. The summed E-state index contributed by atoms with van der Waals surface area (Å²) in [6.07, 6.45) is 0. The van der Waals surface area contributed by atoms with Gasteiger partial charge in [-0.25, -0.2) is 4.99 Å². The minimum absolute atomic E-state index is 0.0342. The van der Waals surface area contributed by atoms with Crippen LogP contribution in [0.3, 0.4) is 0 Å². The van der Waals surface area contributed by atoms with Gasteiger partial charge in [-0.2, -0.15) is 10.1 Å². The van der Waals surface area contributed by atoms with Gasteiger partial charge in [-0.15, -0.1) is 0 Å². The van der Waals surface area contributed by atoms with Crippen molar-refractivity contribution >= 4 is 35.1 Å². The van der Waals surface area contributed by atoms with Crippen molar-refractivity contribution in [3.05, 3.63) is 33.8 Å². The first kappa shape index (κ1) is 16.9. The lowest BCUT2D eigenvalue weighted by Crippen LogP contribution is -2.54. The molecule has 8 heteroatoms. The van der Waals surface area contributed by atoms with Crippen LogP contribution in [0.25, 0.3) is 0 Å². The predicted molar refractivity (Wildman–Crippen MR) is 90.0 cm³/mol. The average Bonchev–Trinajstić information content (AvgIpc) is 2.35. The summed E-state index contributed by atoms with van der Waals surface area (Å²) in [5, 5.41) is 2.64. The Labute approximate surface area is 139 Å². The molecule has 0 radical (unpaired) electrons. The fourth-order valence-corrected chi connectivity index (χ4v) is 3.04. The molecule has 1 aromatic rings. The van der Waals surface area contributed by atoms with Crippen LogP contribution in [-0.2, 0) is 4.84 Å². The van der Waals surface area contributed by atoms with E-state index in [9.17, 15) is 0 Å². The van der Waals surface area contributed by atoms with Crippen LogP contribution >= 0.6 is 23.2 Å². The van der Waals surface area contributed by atoms with E-state index in [1.807, 2.05) is 20.8 Å². The molecule has 0 aliphatic carbocycles. The molecular formula is C14H19Cl2N5O.